The van der Waals surface area contributed by atoms with Crippen LogP contribution in [-0.4, -0.2) is 25.2 Å². The third-order valence-electron chi connectivity index (χ3n) is 2.94. The van der Waals surface area contributed by atoms with E-state index in [1.165, 1.54) is 0 Å². The van der Waals surface area contributed by atoms with E-state index in [2.05, 4.69) is 35.4 Å². The van der Waals surface area contributed by atoms with E-state index in [0.29, 0.717) is 13.2 Å². The lowest BCUT2D eigenvalue weighted by molar-refractivity contribution is 0.199. The first-order valence-electron chi connectivity index (χ1n) is 6.59. The molecule has 0 aliphatic carbocycles. The molecule has 2 aromatic rings. The molecule has 5 heteroatoms. The van der Waals surface area contributed by atoms with Crippen molar-refractivity contribution in [3.8, 4) is 5.75 Å². The van der Waals surface area contributed by atoms with Crippen molar-refractivity contribution in [3.63, 3.8) is 0 Å². The molecule has 0 atom stereocenters. The van der Waals surface area contributed by atoms with Crippen LogP contribution in [0.5, 0.6) is 5.75 Å². The Balaban J connectivity index is 1.98. The quantitative estimate of drug-likeness (QED) is 0.760. The predicted octanol–water partition coefficient (Wildman–Crippen LogP) is 2.77. The van der Waals surface area contributed by atoms with Crippen molar-refractivity contribution in [2.24, 2.45) is 0 Å². The van der Waals surface area contributed by atoms with E-state index in [-0.39, 0.29) is 0 Å². The molecule has 0 fully saturated rings. The van der Waals surface area contributed by atoms with Gasteiger partial charge in [0, 0.05) is 31.1 Å². The summed E-state index contributed by atoms with van der Waals surface area (Å²) in [5, 5.41) is 5.35. The maximum atomic E-state index is 5.94. The van der Waals surface area contributed by atoms with Crippen molar-refractivity contribution < 1.29 is 9.47 Å². The molecule has 0 aliphatic rings. The Hall–Kier alpha value is -1.43. The number of aromatic nitrogens is 1. The average molecular weight is 292 g/mol. The van der Waals surface area contributed by atoms with Gasteiger partial charge in [0.15, 0.2) is 0 Å². The standard InChI is InChI=1S/C15H20N2O2S/c1-12-4-3-5-13(8-16-6-7-18-2)15(12)19-9-14-10-20-11-17-14/h3-5,10-11,16H,6-9H2,1-2H3. The lowest BCUT2D eigenvalue weighted by atomic mass is 10.1. The van der Waals surface area contributed by atoms with Crippen LogP contribution in [0.2, 0.25) is 0 Å². The molecular weight excluding hydrogens is 272 g/mol. The van der Waals surface area contributed by atoms with Crippen LogP contribution >= 0.6 is 11.3 Å². The second kappa shape index (κ2) is 7.99. The van der Waals surface area contributed by atoms with Crippen LogP contribution in [0.15, 0.2) is 29.1 Å². The van der Waals surface area contributed by atoms with Gasteiger partial charge in [-0.25, -0.2) is 4.98 Å². The summed E-state index contributed by atoms with van der Waals surface area (Å²) in [6.07, 6.45) is 0. The number of nitrogens with zero attached hydrogens (tertiary/aromatic N) is 1. The van der Waals surface area contributed by atoms with Crippen molar-refractivity contribution in [2.75, 3.05) is 20.3 Å². The van der Waals surface area contributed by atoms with Crippen molar-refractivity contribution in [1.29, 1.82) is 0 Å². The van der Waals surface area contributed by atoms with Gasteiger partial charge in [0.2, 0.25) is 0 Å². The Labute approximate surface area is 123 Å². The fourth-order valence-corrected chi connectivity index (χ4v) is 2.45. The summed E-state index contributed by atoms with van der Waals surface area (Å²) in [5.41, 5.74) is 5.10. The summed E-state index contributed by atoms with van der Waals surface area (Å²) < 4.78 is 11.0. The number of nitrogens with one attached hydrogen (secondary N) is 1. The van der Waals surface area contributed by atoms with Crippen LogP contribution in [0, 0.1) is 6.92 Å². The first-order chi connectivity index (χ1) is 9.81. The molecule has 0 amide bonds. The summed E-state index contributed by atoms with van der Waals surface area (Å²) in [4.78, 5) is 4.24. The predicted molar refractivity (Wildman–Crippen MR) is 81.2 cm³/mol. The van der Waals surface area contributed by atoms with Crippen LogP contribution in [-0.2, 0) is 17.9 Å². The number of thiazole rings is 1. The van der Waals surface area contributed by atoms with Gasteiger partial charge < -0.3 is 14.8 Å². The highest BCUT2D eigenvalue weighted by Crippen LogP contribution is 2.24. The van der Waals surface area contributed by atoms with Gasteiger partial charge in [-0.05, 0) is 12.5 Å². The molecule has 0 saturated heterocycles. The number of benzene rings is 1. The number of hydrogen-bond donors (Lipinski definition) is 1. The summed E-state index contributed by atoms with van der Waals surface area (Å²) in [5.74, 6) is 0.949. The molecule has 20 heavy (non-hydrogen) atoms. The molecule has 0 bridgehead atoms. The molecule has 4 nitrogen and oxygen atoms in total. The van der Waals surface area contributed by atoms with E-state index in [1.807, 2.05) is 10.9 Å². The fraction of sp³-hybridized carbons (Fsp3) is 0.400. The molecular formula is C15H20N2O2S. The van der Waals surface area contributed by atoms with Gasteiger partial charge in [0.25, 0.3) is 0 Å². The minimum Gasteiger partial charge on any atom is -0.487 e. The van der Waals surface area contributed by atoms with Gasteiger partial charge in [-0.15, -0.1) is 11.3 Å². The SMILES string of the molecule is COCCNCc1cccc(C)c1OCc1cscn1. The normalized spacial score (nSPS) is 10.7. The first-order valence-corrected chi connectivity index (χ1v) is 7.53. The van der Waals surface area contributed by atoms with Crippen LogP contribution in [0.1, 0.15) is 16.8 Å². The lowest BCUT2D eigenvalue weighted by Crippen LogP contribution is -2.19. The Morgan fingerprint density at radius 1 is 1.35 bits per heavy atom. The number of methoxy groups -OCH3 is 1. The van der Waals surface area contributed by atoms with Crippen molar-refractivity contribution in [1.82, 2.24) is 10.3 Å². The molecule has 1 N–H and O–H groups in total. The van der Waals surface area contributed by atoms with Crippen LogP contribution in [0.4, 0.5) is 0 Å². The second-order valence-corrected chi connectivity index (χ2v) is 5.22. The topological polar surface area (TPSA) is 43.4 Å². The van der Waals surface area contributed by atoms with Crippen LogP contribution in [0.3, 0.4) is 0 Å². The zero-order valence-electron chi connectivity index (χ0n) is 11.9. The molecule has 0 saturated carbocycles. The van der Waals surface area contributed by atoms with Gasteiger partial charge in [0.05, 0.1) is 17.8 Å². The Morgan fingerprint density at radius 3 is 3.00 bits per heavy atom. The molecule has 0 radical (unpaired) electrons. The summed E-state index contributed by atoms with van der Waals surface area (Å²) in [7, 11) is 1.71. The highest BCUT2D eigenvalue weighted by molar-refractivity contribution is 7.07. The zero-order chi connectivity index (χ0) is 14.2. The molecule has 0 aliphatic heterocycles. The Morgan fingerprint density at radius 2 is 2.25 bits per heavy atom. The maximum absolute atomic E-state index is 5.94. The van der Waals surface area contributed by atoms with Crippen molar-refractivity contribution >= 4 is 11.3 Å². The number of rotatable bonds is 8. The van der Waals surface area contributed by atoms with E-state index in [4.69, 9.17) is 9.47 Å². The second-order valence-electron chi connectivity index (χ2n) is 4.50. The van der Waals surface area contributed by atoms with E-state index >= 15 is 0 Å². The van der Waals surface area contributed by atoms with Gasteiger partial charge in [0.1, 0.15) is 12.4 Å². The number of hydrogen-bond acceptors (Lipinski definition) is 5. The third-order valence-corrected chi connectivity index (χ3v) is 3.57. The Bertz CT molecular complexity index is 515. The summed E-state index contributed by atoms with van der Waals surface area (Å²) >= 11 is 1.59. The lowest BCUT2D eigenvalue weighted by Gasteiger charge is -2.14. The fourth-order valence-electron chi connectivity index (χ4n) is 1.91. The van der Waals surface area contributed by atoms with Gasteiger partial charge in [-0.3, -0.25) is 0 Å². The van der Waals surface area contributed by atoms with Gasteiger partial charge in [-0.1, -0.05) is 18.2 Å². The van der Waals surface area contributed by atoms with Gasteiger partial charge in [-0.2, -0.15) is 0 Å². The molecule has 1 aromatic carbocycles. The minimum absolute atomic E-state index is 0.513. The molecule has 0 spiro atoms. The molecule has 1 heterocycles. The molecule has 0 unspecified atom stereocenters. The first kappa shape index (κ1) is 15.0. The third kappa shape index (κ3) is 4.30. The van der Waals surface area contributed by atoms with E-state index in [1.54, 1.807) is 18.4 Å². The maximum Gasteiger partial charge on any atom is 0.131 e. The largest absolute Gasteiger partial charge is 0.487 e. The van der Waals surface area contributed by atoms with Crippen molar-refractivity contribution in [2.45, 2.75) is 20.1 Å². The van der Waals surface area contributed by atoms with Crippen molar-refractivity contribution in [3.05, 3.63) is 45.9 Å². The number of aryl methyl sites for hydroxylation is 1. The van der Waals surface area contributed by atoms with Crippen LogP contribution < -0.4 is 10.1 Å². The minimum atomic E-state index is 0.513. The summed E-state index contributed by atoms with van der Waals surface area (Å²) in [6.45, 7) is 4.89. The smallest absolute Gasteiger partial charge is 0.131 e. The number of ether oxygens (including phenoxy) is 2. The highest BCUT2D eigenvalue weighted by atomic mass is 32.1. The highest BCUT2D eigenvalue weighted by Gasteiger charge is 2.07. The summed E-state index contributed by atoms with van der Waals surface area (Å²) in [6, 6.07) is 6.20. The molecule has 2 rings (SSSR count). The molecule has 108 valence electrons. The monoisotopic (exact) mass is 292 g/mol. The Kier molecular flexibility index (Phi) is 5.98. The van der Waals surface area contributed by atoms with E-state index < -0.39 is 0 Å². The average Bonchev–Trinajstić information content (AvgIpc) is 2.96. The van der Waals surface area contributed by atoms with E-state index in [9.17, 15) is 0 Å². The zero-order valence-corrected chi connectivity index (χ0v) is 12.7. The number of para-hydroxylation sites is 1. The van der Waals surface area contributed by atoms with Gasteiger partial charge >= 0.3 is 0 Å². The van der Waals surface area contributed by atoms with E-state index in [0.717, 1.165) is 35.7 Å². The molecule has 1 aromatic heterocycles. The van der Waals surface area contributed by atoms with Crippen LogP contribution in [0.25, 0.3) is 0 Å².